The summed E-state index contributed by atoms with van der Waals surface area (Å²) in [6.45, 7) is 13.5. The Hall–Kier alpha value is -0.860. The number of rotatable bonds is 7. The van der Waals surface area contributed by atoms with E-state index in [2.05, 4.69) is 64.2 Å². The van der Waals surface area contributed by atoms with Crippen molar-refractivity contribution in [3.05, 3.63) is 35.4 Å². The van der Waals surface area contributed by atoms with Gasteiger partial charge in [-0.25, -0.2) is 0 Å². The first-order valence-corrected chi connectivity index (χ1v) is 7.26. The molecule has 0 aromatic heterocycles. The topological polar surface area (TPSA) is 21.3 Å². The van der Waals surface area contributed by atoms with Gasteiger partial charge in [-0.3, -0.25) is 0 Å². The third-order valence-electron chi connectivity index (χ3n) is 3.07. The van der Waals surface area contributed by atoms with Crippen LogP contribution in [0.1, 0.15) is 52.2 Å². The van der Waals surface area contributed by atoms with Gasteiger partial charge < -0.3 is 10.1 Å². The van der Waals surface area contributed by atoms with Crippen LogP contribution in [-0.4, -0.2) is 12.6 Å². The monoisotopic (exact) mass is 263 g/mol. The summed E-state index contributed by atoms with van der Waals surface area (Å²) < 4.78 is 5.82. The van der Waals surface area contributed by atoms with Crippen LogP contribution in [0, 0.1) is 5.41 Å². The molecule has 0 spiro atoms. The normalized spacial score (nSPS) is 12.1. The molecule has 0 bridgehead atoms. The van der Waals surface area contributed by atoms with Crippen LogP contribution in [0.3, 0.4) is 0 Å². The first kappa shape index (κ1) is 16.2. The van der Waals surface area contributed by atoms with Gasteiger partial charge in [0.15, 0.2) is 0 Å². The van der Waals surface area contributed by atoms with Gasteiger partial charge in [-0.05, 0) is 23.0 Å². The van der Waals surface area contributed by atoms with Crippen molar-refractivity contribution >= 4 is 0 Å². The zero-order valence-corrected chi connectivity index (χ0v) is 13.1. The van der Waals surface area contributed by atoms with Gasteiger partial charge in [-0.15, -0.1) is 0 Å². The lowest BCUT2D eigenvalue weighted by Gasteiger charge is -2.18. The van der Waals surface area contributed by atoms with Gasteiger partial charge in [0.1, 0.15) is 0 Å². The van der Waals surface area contributed by atoms with E-state index in [1.54, 1.807) is 0 Å². The molecule has 0 unspecified atom stereocenters. The zero-order valence-electron chi connectivity index (χ0n) is 13.1. The second-order valence-corrected chi connectivity index (χ2v) is 6.67. The molecule has 0 radical (unpaired) electrons. The van der Waals surface area contributed by atoms with Gasteiger partial charge in [-0.2, -0.15) is 0 Å². The minimum absolute atomic E-state index is 0.346. The first-order valence-electron chi connectivity index (χ1n) is 7.26. The number of nitrogens with one attached hydrogen (secondary N) is 1. The third-order valence-corrected chi connectivity index (χ3v) is 3.07. The predicted octanol–water partition coefficient (Wildman–Crippen LogP) is 4.14. The fourth-order valence-corrected chi connectivity index (χ4v) is 1.75. The molecule has 0 atom stereocenters. The van der Waals surface area contributed by atoms with Crippen LogP contribution < -0.4 is 5.32 Å². The van der Waals surface area contributed by atoms with Crippen molar-refractivity contribution in [2.24, 2.45) is 5.41 Å². The molecule has 19 heavy (non-hydrogen) atoms. The number of benzene rings is 1. The Kier molecular flexibility index (Phi) is 6.53. The number of hydrogen-bond donors (Lipinski definition) is 1. The minimum Gasteiger partial charge on any atom is -0.377 e. The number of hydrogen-bond acceptors (Lipinski definition) is 2. The molecule has 1 aromatic carbocycles. The highest BCUT2D eigenvalue weighted by Gasteiger charge is 2.09. The lowest BCUT2D eigenvalue weighted by atomic mass is 9.93. The third kappa shape index (κ3) is 7.34. The fourth-order valence-electron chi connectivity index (χ4n) is 1.75. The minimum atomic E-state index is 0.346. The standard InChI is InChI=1S/C17H29NO/c1-14(2)18-12-15-8-6-7-9-16(15)13-19-11-10-17(3,4)5/h6-9,14,18H,10-13H2,1-5H3. The Morgan fingerprint density at radius 1 is 1.11 bits per heavy atom. The van der Waals surface area contributed by atoms with E-state index in [9.17, 15) is 0 Å². The van der Waals surface area contributed by atoms with Crippen molar-refractivity contribution in [3.63, 3.8) is 0 Å². The van der Waals surface area contributed by atoms with Crippen LogP contribution in [0.15, 0.2) is 24.3 Å². The van der Waals surface area contributed by atoms with Crippen LogP contribution in [0.5, 0.6) is 0 Å². The lowest BCUT2D eigenvalue weighted by Crippen LogP contribution is -2.22. The molecule has 1 rings (SSSR count). The smallest absolute Gasteiger partial charge is 0.0720 e. The second kappa shape index (κ2) is 7.66. The van der Waals surface area contributed by atoms with Crippen LogP contribution >= 0.6 is 0 Å². The Labute approximate surface area is 118 Å². The molecule has 1 N–H and O–H groups in total. The van der Waals surface area contributed by atoms with Gasteiger partial charge in [0, 0.05) is 19.2 Å². The second-order valence-electron chi connectivity index (χ2n) is 6.67. The Balaban J connectivity index is 2.44. The van der Waals surface area contributed by atoms with E-state index in [0.717, 1.165) is 19.6 Å². The maximum Gasteiger partial charge on any atom is 0.0720 e. The van der Waals surface area contributed by atoms with E-state index >= 15 is 0 Å². The molecule has 0 amide bonds. The molecule has 2 heteroatoms. The van der Waals surface area contributed by atoms with E-state index in [-0.39, 0.29) is 0 Å². The highest BCUT2D eigenvalue weighted by atomic mass is 16.5. The predicted molar refractivity (Wildman–Crippen MR) is 82.1 cm³/mol. The molecule has 108 valence electrons. The molecule has 0 heterocycles. The summed E-state index contributed by atoms with van der Waals surface area (Å²) in [5.41, 5.74) is 2.98. The molecule has 0 saturated carbocycles. The van der Waals surface area contributed by atoms with E-state index in [1.807, 2.05) is 0 Å². The van der Waals surface area contributed by atoms with Crippen LogP contribution in [0.2, 0.25) is 0 Å². The van der Waals surface area contributed by atoms with Crippen molar-refractivity contribution in [1.29, 1.82) is 0 Å². The Morgan fingerprint density at radius 2 is 1.74 bits per heavy atom. The highest BCUT2D eigenvalue weighted by Crippen LogP contribution is 2.18. The Morgan fingerprint density at radius 3 is 2.32 bits per heavy atom. The van der Waals surface area contributed by atoms with Crippen LogP contribution in [-0.2, 0) is 17.9 Å². The van der Waals surface area contributed by atoms with E-state index in [4.69, 9.17) is 4.74 Å². The molecular formula is C17H29NO. The van der Waals surface area contributed by atoms with E-state index < -0.39 is 0 Å². The Bertz CT molecular complexity index is 366. The number of ether oxygens (including phenoxy) is 1. The van der Waals surface area contributed by atoms with Crippen molar-refractivity contribution in [2.45, 2.75) is 60.2 Å². The SMILES string of the molecule is CC(C)NCc1ccccc1COCCC(C)(C)C. The quantitative estimate of drug-likeness (QED) is 0.747. The average molecular weight is 263 g/mol. The van der Waals surface area contributed by atoms with Crippen molar-refractivity contribution in [2.75, 3.05) is 6.61 Å². The van der Waals surface area contributed by atoms with Crippen LogP contribution in [0.25, 0.3) is 0 Å². The maximum absolute atomic E-state index is 5.82. The zero-order chi connectivity index (χ0) is 14.3. The van der Waals surface area contributed by atoms with E-state index in [1.165, 1.54) is 11.1 Å². The summed E-state index contributed by atoms with van der Waals surface area (Å²) in [4.78, 5) is 0. The van der Waals surface area contributed by atoms with Crippen molar-refractivity contribution in [3.8, 4) is 0 Å². The highest BCUT2D eigenvalue weighted by molar-refractivity contribution is 5.26. The molecule has 0 aliphatic carbocycles. The molecule has 0 saturated heterocycles. The molecular weight excluding hydrogens is 234 g/mol. The van der Waals surface area contributed by atoms with Crippen molar-refractivity contribution < 1.29 is 4.74 Å². The maximum atomic E-state index is 5.82. The van der Waals surface area contributed by atoms with Gasteiger partial charge >= 0.3 is 0 Å². The van der Waals surface area contributed by atoms with Crippen LogP contribution in [0.4, 0.5) is 0 Å². The summed E-state index contributed by atoms with van der Waals surface area (Å²) in [5.74, 6) is 0. The summed E-state index contributed by atoms with van der Waals surface area (Å²) in [6, 6.07) is 9.03. The molecule has 0 aliphatic rings. The van der Waals surface area contributed by atoms with Gasteiger partial charge in [0.25, 0.3) is 0 Å². The summed E-state index contributed by atoms with van der Waals surface area (Å²) in [5, 5.41) is 3.46. The summed E-state index contributed by atoms with van der Waals surface area (Å²) in [7, 11) is 0. The van der Waals surface area contributed by atoms with E-state index in [0.29, 0.717) is 18.1 Å². The molecule has 0 aliphatic heterocycles. The van der Waals surface area contributed by atoms with Crippen molar-refractivity contribution in [1.82, 2.24) is 5.32 Å². The molecule has 1 aromatic rings. The first-order chi connectivity index (χ1) is 8.88. The average Bonchev–Trinajstić information content (AvgIpc) is 2.32. The van der Waals surface area contributed by atoms with Gasteiger partial charge in [0.05, 0.1) is 6.61 Å². The fraction of sp³-hybridized carbons (Fsp3) is 0.647. The summed E-state index contributed by atoms with van der Waals surface area (Å²) in [6.07, 6.45) is 1.10. The summed E-state index contributed by atoms with van der Waals surface area (Å²) >= 11 is 0. The largest absolute Gasteiger partial charge is 0.377 e. The lowest BCUT2D eigenvalue weighted by molar-refractivity contribution is 0.0957. The van der Waals surface area contributed by atoms with Gasteiger partial charge in [-0.1, -0.05) is 58.9 Å². The molecule has 0 fully saturated rings. The molecule has 2 nitrogen and oxygen atoms in total. The van der Waals surface area contributed by atoms with Gasteiger partial charge in [0.2, 0.25) is 0 Å².